The number of hydrogen-bond acceptors (Lipinski definition) is 1. The minimum atomic E-state index is 0.750. The minimum Gasteiger partial charge on any atom is -0.346 e. The van der Waals surface area contributed by atoms with E-state index < -0.39 is 0 Å². The maximum absolute atomic E-state index is 3.76. The smallest absolute Gasteiger partial charge is 0.0483 e. The van der Waals surface area contributed by atoms with Gasteiger partial charge in [0.05, 0.1) is 0 Å². The Morgan fingerprint density at radius 1 is 1.10 bits per heavy atom. The molecular formula is C18H26N2. The normalized spacial score (nSPS) is 17.4. The Morgan fingerprint density at radius 3 is 2.65 bits per heavy atom. The van der Waals surface area contributed by atoms with E-state index in [0.717, 1.165) is 19.1 Å². The van der Waals surface area contributed by atoms with Crippen molar-refractivity contribution in [3.8, 4) is 0 Å². The lowest BCUT2D eigenvalue weighted by Gasteiger charge is -2.16. The molecule has 1 aromatic carbocycles. The number of nitrogens with zero attached hydrogens (tertiary/aromatic N) is 1. The Balaban J connectivity index is 1.59. The third-order valence-electron chi connectivity index (χ3n) is 4.63. The summed E-state index contributed by atoms with van der Waals surface area (Å²) in [6.07, 6.45) is 10.7. The van der Waals surface area contributed by atoms with Crippen molar-refractivity contribution in [1.29, 1.82) is 0 Å². The van der Waals surface area contributed by atoms with Crippen LogP contribution >= 0.6 is 0 Å². The van der Waals surface area contributed by atoms with Gasteiger partial charge in [0.15, 0.2) is 0 Å². The first-order chi connectivity index (χ1) is 9.84. The number of benzene rings is 1. The van der Waals surface area contributed by atoms with Gasteiger partial charge in [-0.1, -0.05) is 43.9 Å². The van der Waals surface area contributed by atoms with Crippen LogP contribution in [0.25, 0.3) is 10.9 Å². The van der Waals surface area contributed by atoms with Crippen LogP contribution in [0.15, 0.2) is 30.5 Å². The number of aromatic nitrogens is 1. The van der Waals surface area contributed by atoms with Crippen molar-refractivity contribution < 1.29 is 0 Å². The van der Waals surface area contributed by atoms with Crippen molar-refractivity contribution >= 4 is 10.9 Å². The molecule has 0 unspecified atom stereocenters. The Hall–Kier alpha value is -1.28. The van der Waals surface area contributed by atoms with Gasteiger partial charge in [0.25, 0.3) is 0 Å². The van der Waals surface area contributed by atoms with E-state index >= 15 is 0 Å². The third kappa shape index (κ3) is 3.06. The molecule has 1 aliphatic rings. The van der Waals surface area contributed by atoms with Gasteiger partial charge >= 0.3 is 0 Å². The molecule has 0 aliphatic heterocycles. The van der Waals surface area contributed by atoms with E-state index in [-0.39, 0.29) is 0 Å². The standard InChI is InChI=1S/C18H26N2/c1-15-14-20(18-11-7-6-10-17(15)18)13-12-19-16-8-4-2-3-5-9-16/h6-7,10-11,14,16,19H,2-5,8-9,12-13H2,1H3. The summed E-state index contributed by atoms with van der Waals surface area (Å²) in [5.41, 5.74) is 2.75. The van der Waals surface area contributed by atoms with Crippen LogP contribution in [0.4, 0.5) is 0 Å². The second-order valence-electron chi connectivity index (χ2n) is 6.17. The first kappa shape index (κ1) is 13.7. The molecule has 2 aromatic rings. The summed E-state index contributed by atoms with van der Waals surface area (Å²) >= 11 is 0. The van der Waals surface area contributed by atoms with E-state index in [4.69, 9.17) is 0 Å². The van der Waals surface area contributed by atoms with Crippen LogP contribution in [-0.2, 0) is 6.54 Å². The quantitative estimate of drug-likeness (QED) is 0.821. The highest BCUT2D eigenvalue weighted by atomic mass is 15.0. The summed E-state index contributed by atoms with van der Waals surface area (Å²) in [6.45, 7) is 4.37. The molecule has 1 aromatic heterocycles. The summed E-state index contributed by atoms with van der Waals surface area (Å²) < 4.78 is 2.40. The summed E-state index contributed by atoms with van der Waals surface area (Å²) in [5.74, 6) is 0. The lowest BCUT2D eigenvalue weighted by Crippen LogP contribution is -2.31. The third-order valence-corrected chi connectivity index (χ3v) is 4.63. The van der Waals surface area contributed by atoms with E-state index in [0.29, 0.717) is 0 Å². The second-order valence-corrected chi connectivity index (χ2v) is 6.17. The summed E-state index contributed by atoms with van der Waals surface area (Å²) in [5, 5.41) is 5.15. The SMILES string of the molecule is Cc1cn(CCNC2CCCCCC2)c2ccccc12. The molecule has 20 heavy (non-hydrogen) atoms. The highest BCUT2D eigenvalue weighted by Crippen LogP contribution is 2.20. The molecule has 0 bridgehead atoms. The molecular weight excluding hydrogens is 244 g/mol. The summed E-state index contributed by atoms with van der Waals surface area (Å²) in [7, 11) is 0. The average Bonchev–Trinajstić information content (AvgIpc) is 2.66. The number of rotatable bonds is 4. The molecule has 0 amide bonds. The Labute approximate surface area is 122 Å². The van der Waals surface area contributed by atoms with Crippen LogP contribution in [0.5, 0.6) is 0 Å². The van der Waals surface area contributed by atoms with Crippen LogP contribution in [0, 0.1) is 6.92 Å². The van der Waals surface area contributed by atoms with E-state index in [2.05, 4.69) is 47.3 Å². The molecule has 1 aliphatic carbocycles. The van der Waals surface area contributed by atoms with Gasteiger partial charge < -0.3 is 9.88 Å². The van der Waals surface area contributed by atoms with Crippen molar-refractivity contribution in [2.45, 2.75) is 58.0 Å². The monoisotopic (exact) mass is 270 g/mol. The zero-order valence-electron chi connectivity index (χ0n) is 12.6. The highest BCUT2D eigenvalue weighted by Gasteiger charge is 2.11. The van der Waals surface area contributed by atoms with Gasteiger partial charge in [-0.3, -0.25) is 0 Å². The second kappa shape index (κ2) is 6.45. The van der Waals surface area contributed by atoms with E-state index in [1.54, 1.807) is 0 Å². The molecule has 1 saturated carbocycles. The van der Waals surface area contributed by atoms with Crippen molar-refractivity contribution in [2.24, 2.45) is 0 Å². The number of fused-ring (bicyclic) bond motifs is 1. The van der Waals surface area contributed by atoms with E-state index in [1.165, 1.54) is 55.0 Å². The van der Waals surface area contributed by atoms with Crippen LogP contribution in [0.2, 0.25) is 0 Å². The predicted molar refractivity (Wildman–Crippen MR) is 86.2 cm³/mol. The van der Waals surface area contributed by atoms with Gasteiger partial charge in [-0.15, -0.1) is 0 Å². The molecule has 1 heterocycles. The molecule has 1 fully saturated rings. The molecule has 0 atom stereocenters. The number of hydrogen-bond donors (Lipinski definition) is 1. The fourth-order valence-electron chi connectivity index (χ4n) is 3.49. The van der Waals surface area contributed by atoms with E-state index in [9.17, 15) is 0 Å². The van der Waals surface area contributed by atoms with Gasteiger partial charge in [-0.2, -0.15) is 0 Å². The number of aryl methyl sites for hydroxylation is 1. The summed E-state index contributed by atoms with van der Waals surface area (Å²) in [4.78, 5) is 0. The first-order valence-electron chi connectivity index (χ1n) is 8.12. The van der Waals surface area contributed by atoms with Crippen molar-refractivity contribution in [3.63, 3.8) is 0 Å². The van der Waals surface area contributed by atoms with Crippen LogP contribution in [-0.4, -0.2) is 17.2 Å². The lowest BCUT2D eigenvalue weighted by molar-refractivity contribution is 0.447. The molecule has 3 rings (SSSR count). The van der Waals surface area contributed by atoms with Crippen LogP contribution in [0.3, 0.4) is 0 Å². The Bertz CT molecular complexity index is 548. The molecule has 2 nitrogen and oxygen atoms in total. The van der Waals surface area contributed by atoms with Gasteiger partial charge in [0, 0.05) is 36.2 Å². The van der Waals surface area contributed by atoms with Crippen LogP contribution in [0.1, 0.15) is 44.1 Å². The number of nitrogens with one attached hydrogen (secondary N) is 1. The van der Waals surface area contributed by atoms with Gasteiger partial charge in [-0.05, 0) is 31.4 Å². The molecule has 0 radical (unpaired) electrons. The average molecular weight is 270 g/mol. The van der Waals surface area contributed by atoms with Crippen molar-refractivity contribution in [3.05, 3.63) is 36.0 Å². The van der Waals surface area contributed by atoms with Crippen molar-refractivity contribution in [1.82, 2.24) is 9.88 Å². The fraction of sp³-hybridized carbons (Fsp3) is 0.556. The Morgan fingerprint density at radius 2 is 1.85 bits per heavy atom. The topological polar surface area (TPSA) is 17.0 Å². The van der Waals surface area contributed by atoms with Gasteiger partial charge in [-0.25, -0.2) is 0 Å². The maximum Gasteiger partial charge on any atom is 0.0483 e. The largest absolute Gasteiger partial charge is 0.346 e. The van der Waals surface area contributed by atoms with Gasteiger partial charge in [0.1, 0.15) is 0 Å². The molecule has 108 valence electrons. The fourth-order valence-corrected chi connectivity index (χ4v) is 3.49. The molecule has 0 saturated heterocycles. The predicted octanol–water partition coefficient (Wildman–Crippen LogP) is 4.26. The van der Waals surface area contributed by atoms with Crippen molar-refractivity contribution in [2.75, 3.05) is 6.54 Å². The molecule has 2 heteroatoms. The number of para-hydroxylation sites is 1. The van der Waals surface area contributed by atoms with E-state index in [1.807, 2.05) is 0 Å². The molecule has 0 spiro atoms. The lowest BCUT2D eigenvalue weighted by atomic mass is 10.1. The minimum absolute atomic E-state index is 0.750. The van der Waals surface area contributed by atoms with Gasteiger partial charge in [0.2, 0.25) is 0 Å². The highest BCUT2D eigenvalue weighted by molar-refractivity contribution is 5.83. The summed E-state index contributed by atoms with van der Waals surface area (Å²) in [6, 6.07) is 9.47. The first-order valence-corrected chi connectivity index (χ1v) is 8.12. The maximum atomic E-state index is 3.76. The Kier molecular flexibility index (Phi) is 4.41. The zero-order valence-corrected chi connectivity index (χ0v) is 12.6. The zero-order chi connectivity index (χ0) is 13.8. The molecule has 1 N–H and O–H groups in total. The van der Waals surface area contributed by atoms with Crippen LogP contribution < -0.4 is 5.32 Å².